The molecule has 2 unspecified atom stereocenters. The van der Waals surface area contributed by atoms with E-state index in [1.165, 1.54) is 0 Å². The van der Waals surface area contributed by atoms with Gasteiger partial charge in [-0.1, -0.05) is 30.9 Å². The van der Waals surface area contributed by atoms with Crippen molar-refractivity contribution in [3.63, 3.8) is 0 Å². The van der Waals surface area contributed by atoms with Crippen LogP contribution >= 0.6 is 11.8 Å². The van der Waals surface area contributed by atoms with Crippen LogP contribution in [0.3, 0.4) is 0 Å². The Morgan fingerprint density at radius 3 is 2.95 bits per heavy atom. The summed E-state index contributed by atoms with van der Waals surface area (Å²) in [6.07, 6.45) is 0.427. The smallest absolute Gasteiger partial charge is 0.255 e. The van der Waals surface area contributed by atoms with Crippen molar-refractivity contribution in [2.45, 2.75) is 31.6 Å². The zero-order valence-corrected chi connectivity index (χ0v) is 13.3. The van der Waals surface area contributed by atoms with Crippen molar-refractivity contribution in [2.24, 2.45) is 0 Å². The van der Waals surface area contributed by atoms with E-state index in [0.717, 1.165) is 17.9 Å². The molecule has 1 saturated heterocycles. The van der Waals surface area contributed by atoms with Crippen LogP contribution in [0.15, 0.2) is 24.3 Å². The lowest BCUT2D eigenvalue weighted by atomic mass is 10.0. The van der Waals surface area contributed by atoms with Crippen LogP contribution in [-0.2, 0) is 0 Å². The molecule has 0 bridgehead atoms. The third kappa shape index (κ3) is 3.81. The molecule has 0 aromatic heterocycles. The summed E-state index contributed by atoms with van der Waals surface area (Å²) in [4.78, 5) is 14.8. The first kappa shape index (κ1) is 15.9. The number of nitrogens with zero attached hydrogens (tertiary/aromatic N) is 1. The molecule has 1 aliphatic rings. The van der Waals surface area contributed by atoms with Gasteiger partial charge >= 0.3 is 0 Å². The van der Waals surface area contributed by atoms with Crippen LogP contribution in [0.5, 0.6) is 0 Å². The van der Waals surface area contributed by atoms with Crippen molar-refractivity contribution in [3.05, 3.63) is 35.4 Å². The highest BCUT2D eigenvalue weighted by molar-refractivity contribution is 8.00. The second kappa shape index (κ2) is 7.53. The minimum Gasteiger partial charge on any atom is -0.395 e. The van der Waals surface area contributed by atoms with E-state index in [2.05, 4.69) is 25.7 Å². The largest absolute Gasteiger partial charge is 0.395 e. The number of carbonyl (C=O) groups is 1. The molecular weight excluding hydrogens is 282 g/mol. The lowest BCUT2D eigenvalue weighted by Gasteiger charge is -2.37. The minimum absolute atomic E-state index is 0.0427. The van der Waals surface area contributed by atoms with Crippen molar-refractivity contribution in [1.29, 1.82) is 0 Å². The number of aliphatic hydroxyl groups is 1. The molecule has 0 spiro atoms. The number of benzene rings is 1. The maximum Gasteiger partial charge on any atom is 0.255 e. The normalized spacial score (nSPS) is 21.6. The molecule has 0 saturated carbocycles. The summed E-state index contributed by atoms with van der Waals surface area (Å²) in [6, 6.07) is 7.69. The van der Waals surface area contributed by atoms with Crippen LogP contribution in [0.25, 0.3) is 0 Å². The molecule has 1 aromatic carbocycles. The maximum absolute atomic E-state index is 12.8. The molecule has 1 N–H and O–H groups in total. The predicted octanol–water partition coefficient (Wildman–Crippen LogP) is 2.39. The van der Waals surface area contributed by atoms with Crippen molar-refractivity contribution < 1.29 is 9.90 Å². The number of aliphatic hydroxyl groups excluding tert-OH is 1. The first-order valence-corrected chi connectivity index (χ1v) is 8.31. The molecule has 1 aliphatic heterocycles. The molecule has 0 radical (unpaired) electrons. The number of hydrogen-bond donors (Lipinski definition) is 1. The lowest BCUT2D eigenvalue weighted by Crippen LogP contribution is -2.48. The summed E-state index contributed by atoms with van der Waals surface area (Å²) in [5, 5.41) is 9.26. The summed E-state index contributed by atoms with van der Waals surface area (Å²) in [5.41, 5.74) is 1.41. The molecule has 1 heterocycles. The van der Waals surface area contributed by atoms with Crippen molar-refractivity contribution in [1.82, 2.24) is 4.90 Å². The average molecular weight is 303 g/mol. The molecule has 112 valence electrons. The molecular formula is C17H21NO2S. The minimum atomic E-state index is 0.0427. The van der Waals surface area contributed by atoms with Crippen LogP contribution in [0.2, 0.25) is 0 Å². The van der Waals surface area contributed by atoms with Gasteiger partial charge in [-0.25, -0.2) is 0 Å². The molecule has 3 nitrogen and oxygen atoms in total. The zero-order chi connectivity index (χ0) is 15.2. The van der Waals surface area contributed by atoms with Gasteiger partial charge in [-0.05, 0) is 19.1 Å². The first-order chi connectivity index (χ1) is 10.1. The van der Waals surface area contributed by atoms with Crippen molar-refractivity contribution in [3.8, 4) is 11.8 Å². The molecule has 1 amide bonds. The Balaban J connectivity index is 2.25. The van der Waals surface area contributed by atoms with E-state index in [4.69, 9.17) is 5.11 Å². The summed E-state index contributed by atoms with van der Waals surface area (Å²) in [5.74, 6) is 6.93. The number of hydrogen-bond acceptors (Lipinski definition) is 3. The third-order valence-electron chi connectivity index (χ3n) is 3.76. The highest BCUT2D eigenvalue weighted by Crippen LogP contribution is 2.26. The second-order valence-corrected chi connectivity index (χ2v) is 6.62. The Labute approximate surface area is 130 Å². The second-order valence-electron chi connectivity index (χ2n) is 5.14. The standard InChI is InChI=1S/C17H21NO2S/c1-13-14(2)21-12-10-18(13)17(20)16-9-4-3-7-15(16)8-5-6-11-19/h3-4,7,9,13-14,19H,6,10-12H2,1-2H3. The van der Waals surface area contributed by atoms with Crippen LogP contribution in [0, 0.1) is 11.8 Å². The van der Waals surface area contributed by atoms with Gasteiger partial charge in [0.2, 0.25) is 0 Å². The number of rotatable bonds is 2. The molecule has 0 aliphatic carbocycles. The molecule has 2 atom stereocenters. The average Bonchev–Trinajstić information content (AvgIpc) is 2.50. The fourth-order valence-electron chi connectivity index (χ4n) is 2.37. The SMILES string of the molecule is CC1SCCN(C(=O)c2ccccc2C#CCCO)C1C. The van der Waals surface area contributed by atoms with Gasteiger partial charge in [0.25, 0.3) is 5.91 Å². The number of thioether (sulfide) groups is 1. The molecule has 2 rings (SSSR count). The lowest BCUT2D eigenvalue weighted by molar-refractivity contribution is 0.0698. The number of carbonyl (C=O) groups excluding carboxylic acids is 1. The van der Waals surface area contributed by atoms with Gasteiger partial charge < -0.3 is 10.0 Å². The first-order valence-electron chi connectivity index (χ1n) is 7.26. The van der Waals surface area contributed by atoms with E-state index in [9.17, 15) is 4.79 Å². The van der Waals surface area contributed by atoms with Crippen LogP contribution < -0.4 is 0 Å². The molecule has 1 aromatic rings. The van der Waals surface area contributed by atoms with E-state index >= 15 is 0 Å². The zero-order valence-electron chi connectivity index (χ0n) is 12.5. The Kier molecular flexibility index (Phi) is 5.72. The Bertz CT molecular complexity index is 561. The Hall–Kier alpha value is -1.44. The molecule has 1 fully saturated rings. The van der Waals surface area contributed by atoms with Crippen molar-refractivity contribution >= 4 is 17.7 Å². The summed E-state index contributed by atoms with van der Waals surface area (Å²) < 4.78 is 0. The van der Waals surface area contributed by atoms with Crippen LogP contribution in [-0.4, -0.2) is 46.1 Å². The van der Waals surface area contributed by atoms with Gasteiger partial charge in [-0.3, -0.25) is 4.79 Å². The van der Waals surface area contributed by atoms with E-state index in [0.29, 0.717) is 17.2 Å². The van der Waals surface area contributed by atoms with Gasteiger partial charge in [0.1, 0.15) is 0 Å². The Morgan fingerprint density at radius 2 is 2.19 bits per heavy atom. The van der Waals surface area contributed by atoms with E-state index in [1.54, 1.807) is 0 Å². The van der Waals surface area contributed by atoms with Gasteiger partial charge in [0.15, 0.2) is 0 Å². The third-order valence-corrected chi connectivity index (χ3v) is 5.10. The highest BCUT2D eigenvalue weighted by atomic mass is 32.2. The fourth-order valence-corrected chi connectivity index (χ4v) is 3.47. The molecule has 21 heavy (non-hydrogen) atoms. The van der Waals surface area contributed by atoms with Crippen LogP contribution in [0.4, 0.5) is 0 Å². The van der Waals surface area contributed by atoms with Crippen LogP contribution in [0.1, 0.15) is 36.2 Å². The highest BCUT2D eigenvalue weighted by Gasteiger charge is 2.30. The predicted molar refractivity (Wildman–Crippen MR) is 87.4 cm³/mol. The fraction of sp³-hybridized carbons (Fsp3) is 0.471. The summed E-state index contributed by atoms with van der Waals surface area (Å²) in [6.45, 7) is 5.10. The van der Waals surface area contributed by atoms with E-state index in [-0.39, 0.29) is 18.6 Å². The molecule has 4 heteroatoms. The summed E-state index contributed by atoms with van der Waals surface area (Å²) >= 11 is 1.91. The Morgan fingerprint density at radius 1 is 1.43 bits per heavy atom. The maximum atomic E-state index is 12.8. The quantitative estimate of drug-likeness (QED) is 0.853. The van der Waals surface area contributed by atoms with Crippen molar-refractivity contribution in [2.75, 3.05) is 18.9 Å². The van der Waals surface area contributed by atoms with Gasteiger partial charge in [0, 0.05) is 35.6 Å². The van der Waals surface area contributed by atoms with Gasteiger partial charge in [-0.15, -0.1) is 0 Å². The van der Waals surface area contributed by atoms with Gasteiger partial charge in [0.05, 0.1) is 12.2 Å². The monoisotopic (exact) mass is 303 g/mol. The number of amides is 1. The summed E-state index contributed by atoms with van der Waals surface area (Å²) in [7, 11) is 0. The van der Waals surface area contributed by atoms with E-state index < -0.39 is 0 Å². The topological polar surface area (TPSA) is 40.5 Å². The van der Waals surface area contributed by atoms with E-state index in [1.807, 2.05) is 40.9 Å². The van der Waals surface area contributed by atoms with Gasteiger partial charge in [-0.2, -0.15) is 11.8 Å².